The Morgan fingerprint density at radius 2 is 2.37 bits per heavy atom. The third-order valence-electron chi connectivity index (χ3n) is 2.06. The molecule has 1 aromatic carbocycles. The van der Waals surface area contributed by atoms with Gasteiger partial charge < -0.3 is 15.2 Å². The van der Waals surface area contributed by atoms with Gasteiger partial charge in [0.1, 0.15) is 0 Å². The van der Waals surface area contributed by atoms with Gasteiger partial charge in [0.05, 0.1) is 16.9 Å². The largest absolute Gasteiger partial charge is 0.504 e. The monoisotopic (exact) mass is 391 g/mol. The standard InChI is InChI=1S/C12H14IN3O2S/c1-3-4-14-12(19)16-15-7-8-5-9(13)11(17)10(6-8)18-2/h3,5-7,17H,1,4H2,2H3,(H2,14,16,19)/b15-7-. The zero-order valence-corrected chi connectivity index (χ0v) is 13.3. The number of methoxy groups -OCH3 is 1. The lowest BCUT2D eigenvalue weighted by Gasteiger charge is -2.06. The first-order valence-corrected chi connectivity index (χ1v) is 6.81. The summed E-state index contributed by atoms with van der Waals surface area (Å²) in [5.41, 5.74) is 3.46. The van der Waals surface area contributed by atoms with Gasteiger partial charge in [-0.05, 0) is 52.5 Å². The second kappa shape index (κ2) is 7.95. The number of thiocarbonyl (C=S) groups is 1. The summed E-state index contributed by atoms with van der Waals surface area (Å²) in [6, 6.07) is 3.46. The molecule has 102 valence electrons. The Morgan fingerprint density at radius 1 is 1.63 bits per heavy atom. The van der Waals surface area contributed by atoms with Gasteiger partial charge in [-0.15, -0.1) is 6.58 Å². The second-order valence-electron chi connectivity index (χ2n) is 3.42. The first-order chi connectivity index (χ1) is 9.08. The van der Waals surface area contributed by atoms with Gasteiger partial charge in [-0.2, -0.15) is 5.10 Å². The van der Waals surface area contributed by atoms with E-state index in [1.54, 1.807) is 24.4 Å². The summed E-state index contributed by atoms with van der Waals surface area (Å²) in [7, 11) is 1.50. The van der Waals surface area contributed by atoms with Crippen LogP contribution in [0.3, 0.4) is 0 Å². The van der Waals surface area contributed by atoms with Crippen LogP contribution in [-0.2, 0) is 0 Å². The number of phenols is 1. The highest BCUT2D eigenvalue weighted by Gasteiger charge is 2.07. The number of nitrogens with one attached hydrogen (secondary N) is 2. The van der Waals surface area contributed by atoms with Crippen molar-refractivity contribution in [3.8, 4) is 11.5 Å². The number of hydrazone groups is 1. The highest BCUT2D eigenvalue weighted by Crippen LogP contribution is 2.31. The number of halogens is 1. The van der Waals surface area contributed by atoms with Crippen molar-refractivity contribution in [3.05, 3.63) is 33.9 Å². The lowest BCUT2D eigenvalue weighted by Crippen LogP contribution is -2.31. The molecule has 1 aromatic rings. The van der Waals surface area contributed by atoms with Crippen LogP contribution in [0.2, 0.25) is 0 Å². The van der Waals surface area contributed by atoms with Crippen LogP contribution in [0.1, 0.15) is 5.56 Å². The van der Waals surface area contributed by atoms with Gasteiger partial charge in [0.2, 0.25) is 0 Å². The van der Waals surface area contributed by atoms with E-state index in [-0.39, 0.29) is 5.75 Å². The first kappa shape index (κ1) is 15.7. The van der Waals surface area contributed by atoms with E-state index in [1.165, 1.54) is 7.11 Å². The summed E-state index contributed by atoms with van der Waals surface area (Å²) >= 11 is 7.00. The van der Waals surface area contributed by atoms with Gasteiger partial charge in [0.15, 0.2) is 16.6 Å². The molecule has 0 amide bonds. The topological polar surface area (TPSA) is 65.9 Å². The van der Waals surface area contributed by atoms with Gasteiger partial charge in [-0.3, -0.25) is 5.43 Å². The number of rotatable bonds is 5. The Morgan fingerprint density at radius 3 is 3.00 bits per heavy atom. The van der Waals surface area contributed by atoms with Gasteiger partial charge >= 0.3 is 0 Å². The first-order valence-electron chi connectivity index (χ1n) is 5.32. The van der Waals surface area contributed by atoms with Crippen molar-refractivity contribution in [2.45, 2.75) is 0 Å². The molecule has 0 bridgehead atoms. The lowest BCUT2D eigenvalue weighted by atomic mass is 10.2. The van der Waals surface area contributed by atoms with Crippen LogP contribution in [0.4, 0.5) is 0 Å². The minimum Gasteiger partial charge on any atom is -0.504 e. The maximum Gasteiger partial charge on any atom is 0.187 e. The smallest absolute Gasteiger partial charge is 0.187 e. The molecule has 0 saturated carbocycles. The quantitative estimate of drug-likeness (QED) is 0.236. The molecule has 7 heteroatoms. The zero-order chi connectivity index (χ0) is 14.3. The van der Waals surface area contributed by atoms with Crippen molar-refractivity contribution < 1.29 is 9.84 Å². The highest BCUT2D eigenvalue weighted by atomic mass is 127. The Balaban J connectivity index is 2.69. The van der Waals surface area contributed by atoms with Crippen LogP contribution in [0.15, 0.2) is 29.9 Å². The molecule has 1 rings (SSSR count). The van der Waals surface area contributed by atoms with Gasteiger partial charge in [-0.1, -0.05) is 6.08 Å². The average molecular weight is 391 g/mol. The maximum absolute atomic E-state index is 9.70. The van der Waals surface area contributed by atoms with E-state index >= 15 is 0 Å². The molecule has 3 N–H and O–H groups in total. The van der Waals surface area contributed by atoms with Crippen LogP contribution in [0.5, 0.6) is 11.5 Å². The zero-order valence-electron chi connectivity index (χ0n) is 10.3. The van der Waals surface area contributed by atoms with Crippen LogP contribution in [-0.4, -0.2) is 30.1 Å². The third-order valence-corrected chi connectivity index (χ3v) is 3.12. The van der Waals surface area contributed by atoms with Crippen molar-refractivity contribution in [1.82, 2.24) is 10.7 Å². The number of ether oxygens (including phenoxy) is 1. The second-order valence-corrected chi connectivity index (χ2v) is 4.99. The van der Waals surface area contributed by atoms with E-state index in [2.05, 4.69) is 22.4 Å². The molecule has 0 heterocycles. The molecule has 19 heavy (non-hydrogen) atoms. The molecule has 0 aliphatic rings. The maximum atomic E-state index is 9.70. The normalized spacial score (nSPS) is 10.2. The molecule has 0 aromatic heterocycles. The minimum atomic E-state index is 0.122. The van der Waals surface area contributed by atoms with Gasteiger partial charge in [0, 0.05) is 6.54 Å². The molecule has 0 aliphatic carbocycles. The number of hydrogen-bond acceptors (Lipinski definition) is 4. The van der Waals surface area contributed by atoms with Crippen molar-refractivity contribution in [1.29, 1.82) is 0 Å². The molecule has 0 spiro atoms. The minimum absolute atomic E-state index is 0.122. The van der Waals surface area contributed by atoms with Crippen molar-refractivity contribution in [2.24, 2.45) is 5.10 Å². The molecule has 0 radical (unpaired) electrons. The van der Waals surface area contributed by atoms with E-state index in [1.807, 2.05) is 22.6 Å². The van der Waals surface area contributed by atoms with E-state index in [9.17, 15) is 5.11 Å². The molecule has 5 nitrogen and oxygen atoms in total. The summed E-state index contributed by atoms with van der Waals surface area (Å²) < 4.78 is 5.75. The Labute approximate surface area is 130 Å². The van der Waals surface area contributed by atoms with Crippen molar-refractivity contribution in [2.75, 3.05) is 13.7 Å². The van der Waals surface area contributed by atoms with E-state index in [0.717, 1.165) is 5.56 Å². The van der Waals surface area contributed by atoms with E-state index in [4.69, 9.17) is 17.0 Å². The Bertz CT molecular complexity index is 506. The predicted molar refractivity (Wildman–Crippen MR) is 88.9 cm³/mol. The number of nitrogens with zero attached hydrogens (tertiary/aromatic N) is 1. The van der Waals surface area contributed by atoms with Crippen molar-refractivity contribution in [3.63, 3.8) is 0 Å². The van der Waals surface area contributed by atoms with Gasteiger partial charge in [0.25, 0.3) is 0 Å². The van der Waals surface area contributed by atoms with Crippen molar-refractivity contribution >= 4 is 46.1 Å². The van der Waals surface area contributed by atoms with Crippen LogP contribution in [0, 0.1) is 3.57 Å². The lowest BCUT2D eigenvalue weighted by molar-refractivity contribution is 0.371. The fourth-order valence-corrected chi connectivity index (χ4v) is 1.96. The third kappa shape index (κ3) is 5.03. The number of benzene rings is 1. The summed E-state index contributed by atoms with van der Waals surface area (Å²) in [5, 5.41) is 17.0. The SMILES string of the molecule is C=CCNC(=S)N/N=C\c1cc(I)c(O)c(OC)c1. The molecule has 0 atom stereocenters. The summed E-state index contributed by atoms with van der Waals surface area (Å²) in [5.74, 6) is 0.525. The molecular formula is C12H14IN3O2S. The molecule has 0 aliphatic heterocycles. The molecule has 0 unspecified atom stereocenters. The fraction of sp³-hybridized carbons (Fsp3) is 0.167. The summed E-state index contributed by atoms with van der Waals surface area (Å²) in [6.07, 6.45) is 3.29. The average Bonchev–Trinajstić information content (AvgIpc) is 2.40. The van der Waals surface area contributed by atoms with Gasteiger partial charge in [-0.25, -0.2) is 0 Å². The van der Waals surface area contributed by atoms with Crippen LogP contribution >= 0.6 is 34.8 Å². The molecule has 0 fully saturated rings. The number of hydrogen-bond donors (Lipinski definition) is 3. The fourth-order valence-electron chi connectivity index (χ4n) is 1.19. The van der Waals surface area contributed by atoms with E-state index in [0.29, 0.717) is 21.0 Å². The van der Waals surface area contributed by atoms with Crippen LogP contribution < -0.4 is 15.5 Å². The van der Waals surface area contributed by atoms with E-state index < -0.39 is 0 Å². The number of aromatic hydroxyl groups is 1. The Hall–Kier alpha value is -1.35. The summed E-state index contributed by atoms with van der Waals surface area (Å²) in [6.45, 7) is 4.15. The highest BCUT2D eigenvalue weighted by molar-refractivity contribution is 14.1. The Kier molecular flexibility index (Phi) is 6.57. The summed E-state index contributed by atoms with van der Waals surface area (Å²) in [4.78, 5) is 0. The predicted octanol–water partition coefficient (Wildman–Crippen LogP) is 1.99. The molecule has 0 saturated heterocycles. The molecular weight excluding hydrogens is 377 g/mol. The van der Waals surface area contributed by atoms with Crippen LogP contribution in [0.25, 0.3) is 0 Å². The number of phenolic OH excluding ortho intramolecular Hbond substituents is 1.